The van der Waals surface area contributed by atoms with Gasteiger partial charge in [-0.3, -0.25) is 9.78 Å². The number of nitrogens with one attached hydrogen (secondary N) is 1. The molecular weight excluding hydrogens is 290 g/mol. The zero-order valence-corrected chi connectivity index (χ0v) is 14.6. The molecule has 0 saturated heterocycles. The van der Waals surface area contributed by atoms with Crippen LogP contribution in [0.25, 0.3) is 11.4 Å². The first-order valence-corrected chi connectivity index (χ1v) is 8.04. The van der Waals surface area contributed by atoms with E-state index in [4.69, 9.17) is 0 Å². The van der Waals surface area contributed by atoms with Crippen molar-refractivity contribution in [3.05, 3.63) is 30.1 Å². The van der Waals surface area contributed by atoms with Gasteiger partial charge in [0, 0.05) is 18.5 Å². The highest BCUT2D eigenvalue weighted by atomic mass is 16.2. The molecule has 0 aliphatic carbocycles. The van der Waals surface area contributed by atoms with Crippen LogP contribution in [0, 0.1) is 0 Å². The van der Waals surface area contributed by atoms with Crippen LogP contribution in [0.1, 0.15) is 57.4 Å². The van der Waals surface area contributed by atoms with Gasteiger partial charge >= 0.3 is 0 Å². The van der Waals surface area contributed by atoms with Gasteiger partial charge < -0.3 is 9.88 Å². The normalized spacial score (nSPS) is 11.5. The van der Waals surface area contributed by atoms with Crippen LogP contribution < -0.4 is 0 Å². The molecule has 2 heterocycles. The van der Waals surface area contributed by atoms with E-state index < -0.39 is 0 Å². The van der Waals surface area contributed by atoms with Gasteiger partial charge in [0.05, 0.1) is 24.3 Å². The second-order valence-corrected chi connectivity index (χ2v) is 6.57. The van der Waals surface area contributed by atoms with Gasteiger partial charge in [0.1, 0.15) is 17.2 Å². The van der Waals surface area contributed by atoms with Crippen LogP contribution in [0.3, 0.4) is 0 Å². The Labute approximate surface area is 137 Å². The van der Waals surface area contributed by atoms with E-state index in [1.165, 1.54) is 6.20 Å². The summed E-state index contributed by atoms with van der Waals surface area (Å²) in [4.78, 5) is 30.6. The van der Waals surface area contributed by atoms with Gasteiger partial charge in [-0.25, -0.2) is 9.97 Å². The Kier molecular flexibility index (Phi) is 5.13. The molecule has 0 fully saturated rings. The molecule has 0 aliphatic heterocycles. The number of aromatic amines is 1. The minimum atomic E-state index is -0.0840. The molecule has 0 aromatic carbocycles. The smallest absolute Gasteiger partial charge is 0.274 e. The third-order valence-electron chi connectivity index (χ3n) is 3.58. The lowest BCUT2D eigenvalue weighted by Gasteiger charge is -2.19. The van der Waals surface area contributed by atoms with Gasteiger partial charge in [0.2, 0.25) is 0 Å². The van der Waals surface area contributed by atoms with Crippen LogP contribution in [0.15, 0.2) is 18.6 Å². The lowest BCUT2D eigenvalue weighted by atomic mass is 9.96. The van der Waals surface area contributed by atoms with Crippen molar-refractivity contribution in [3.8, 4) is 11.4 Å². The SMILES string of the molecule is CCCN(CC)C(=O)c1cncc(-c2cnc(C(C)(C)C)[nH]2)n1. The zero-order valence-electron chi connectivity index (χ0n) is 14.6. The second-order valence-electron chi connectivity index (χ2n) is 6.57. The maximum atomic E-state index is 12.5. The van der Waals surface area contributed by atoms with Crippen LogP contribution in [-0.2, 0) is 5.41 Å². The topological polar surface area (TPSA) is 74.8 Å². The summed E-state index contributed by atoms with van der Waals surface area (Å²) in [5.74, 6) is 0.798. The number of hydrogen-bond donors (Lipinski definition) is 1. The van der Waals surface area contributed by atoms with Crippen LogP contribution in [0.5, 0.6) is 0 Å². The quantitative estimate of drug-likeness (QED) is 0.920. The van der Waals surface area contributed by atoms with Crippen molar-refractivity contribution in [2.24, 2.45) is 0 Å². The molecule has 0 radical (unpaired) electrons. The van der Waals surface area contributed by atoms with Crippen molar-refractivity contribution < 1.29 is 4.79 Å². The Morgan fingerprint density at radius 2 is 1.96 bits per heavy atom. The van der Waals surface area contributed by atoms with Gasteiger partial charge in [-0.05, 0) is 13.3 Å². The highest BCUT2D eigenvalue weighted by Crippen LogP contribution is 2.22. The van der Waals surface area contributed by atoms with Crippen LogP contribution in [-0.4, -0.2) is 43.8 Å². The number of imidazole rings is 1. The standard InChI is InChI=1S/C17H25N5O/c1-6-8-22(7-2)15(23)14-10-18-9-12(20-14)13-11-19-16(21-13)17(3,4)5/h9-11H,6-8H2,1-5H3,(H,19,21). The number of aromatic nitrogens is 4. The third kappa shape index (κ3) is 3.94. The first-order chi connectivity index (χ1) is 10.9. The molecule has 1 N–H and O–H groups in total. The summed E-state index contributed by atoms with van der Waals surface area (Å²) in [7, 11) is 0. The molecule has 0 atom stereocenters. The number of amides is 1. The molecule has 6 heteroatoms. The van der Waals surface area contributed by atoms with Gasteiger partial charge in [-0.1, -0.05) is 27.7 Å². The number of carbonyl (C=O) groups excluding carboxylic acids is 1. The first kappa shape index (κ1) is 17.1. The lowest BCUT2D eigenvalue weighted by Crippen LogP contribution is -2.32. The number of H-pyrrole nitrogens is 1. The summed E-state index contributed by atoms with van der Waals surface area (Å²) in [5.41, 5.74) is 1.70. The lowest BCUT2D eigenvalue weighted by molar-refractivity contribution is 0.0758. The molecule has 0 saturated carbocycles. The van der Waals surface area contributed by atoms with E-state index in [1.807, 2.05) is 6.92 Å². The average molecular weight is 315 g/mol. The summed E-state index contributed by atoms with van der Waals surface area (Å²) in [6.07, 6.45) is 5.82. The molecule has 2 rings (SSSR count). The van der Waals surface area contributed by atoms with Gasteiger partial charge in [0.15, 0.2) is 0 Å². The Hall–Kier alpha value is -2.24. The number of nitrogens with zero attached hydrogens (tertiary/aromatic N) is 4. The summed E-state index contributed by atoms with van der Waals surface area (Å²) in [6.45, 7) is 11.7. The van der Waals surface area contributed by atoms with Gasteiger partial charge in [-0.2, -0.15) is 0 Å². The predicted octanol–water partition coefficient (Wildman–Crippen LogP) is 3.04. The highest BCUT2D eigenvalue weighted by molar-refractivity contribution is 5.92. The summed E-state index contributed by atoms with van der Waals surface area (Å²) >= 11 is 0. The minimum Gasteiger partial charge on any atom is -0.340 e. The van der Waals surface area contributed by atoms with Crippen LogP contribution in [0.4, 0.5) is 0 Å². The largest absolute Gasteiger partial charge is 0.340 e. The molecular formula is C17H25N5O. The van der Waals surface area contributed by atoms with E-state index in [-0.39, 0.29) is 11.3 Å². The van der Waals surface area contributed by atoms with E-state index in [9.17, 15) is 4.79 Å². The summed E-state index contributed by atoms with van der Waals surface area (Å²) in [5, 5.41) is 0. The molecule has 124 valence electrons. The summed E-state index contributed by atoms with van der Waals surface area (Å²) in [6, 6.07) is 0. The molecule has 2 aromatic heterocycles. The van der Waals surface area contributed by atoms with E-state index in [1.54, 1.807) is 17.3 Å². The zero-order chi connectivity index (χ0) is 17.0. The minimum absolute atomic E-state index is 0.0702. The Morgan fingerprint density at radius 1 is 1.22 bits per heavy atom. The molecule has 1 amide bonds. The predicted molar refractivity (Wildman–Crippen MR) is 90.2 cm³/mol. The Bertz CT molecular complexity index is 672. The second kappa shape index (κ2) is 6.89. The van der Waals surface area contributed by atoms with Crippen molar-refractivity contribution in [3.63, 3.8) is 0 Å². The van der Waals surface area contributed by atoms with Crippen molar-refractivity contribution in [1.82, 2.24) is 24.8 Å². The maximum Gasteiger partial charge on any atom is 0.274 e. The highest BCUT2D eigenvalue weighted by Gasteiger charge is 2.20. The average Bonchev–Trinajstić information content (AvgIpc) is 3.02. The van der Waals surface area contributed by atoms with Crippen molar-refractivity contribution >= 4 is 5.91 Å². The van der Waals surface area contributed by atoms with Crippen LogP contribution >= 0.6 is 0 Å². The Balaban J connectivity index is 2.29. The molecule has 0 spiro atoms. The van der Waals surface area contributed by atoms with Gasteiger partial charge in [0.25, 0.3) is 5.91 Å². The van der Waals surface area contributed by atoms with Crippen molar-refractivity contribution in [1.29, 1.82) is 0 Å². The molecule has 0 unspecified atom stereocenters. The first-order valence-electron chi connectivity index (χ1n) is 8.04. The van der Waals surface area contributed by atoms with Crippen LogP contribution in [0.2, 0.25) is 0 Å². The number of hydrogen-bond acceptors (Lipinski definition) is 4. The van der Waals surface area contributed by atoms with Gasteiger partial charge in [-0.15, -0.1) is 0 Å². The molecule has 2 aromatic rings. The fourth-order valence-electron chi connectivity index (χ4n) is 2.27. The molecule has 0 bridgehead atoms. The number of carbonyl (C=O) groups is 1. The van der Waals surface area contributed by atoms with Crippen molar-refractivity contribution in [2.45, 2.75) is 46.5 Å². The monoisotopic (exact) mass is 315 g/mol. The molecule has 6 nitrogen and oxygen atoms in total. The van der Waals surface area contributed by atoms with E-state index in [0.717, 1.165) is 24.5 Å². The fourth-order valence-corrected chi connectivity index (χ4v) is 2.27. The molecule has 23 heavy (non-hydrogen) atoms. The molecule has 0 aliphatic rings. The number of rotatable bonds is 5. The maximum absolute atomic E-state index is 12.5. The third-order valence-corrected chi connectivity index (χ3v) is 3.58. The fraction of sp³-hybridized carbons (Fsp3) is 0.529. The summed E-state index contributed by atoms with van der Waals surface area (Å²) < 4.78 is 0. The van der Waals surface area contributed by atoms with Crippen molar-refractivity contribution in [2.75, 3.05) is 13.1 Å². The Morgan fingerprint density at radius 3 is 2.52 bits per heavy atom. The van der Waals surface area contributed by atoms with E-state index >= 15 is 0 Å². The van der Waals surface area contributed by atoms with E-state index in [0.29, 0.717) is 17.9 Å². The van der Waals surface area contributed by atoms with E-state index in [2.05, 4.69) is 47.6 Å².